The van der Waals surface area contributed by atoms with Gasteiger partial charge in [0, 0.05) is 38.4 Å². The number of hydrogen-bond acceptors (Lipinski definition) is 4. The number of nitrogens with zero attached hydrogens (tertiary/aromatic N) is 3. The van der Waals surface area contributed by atoms with Gasteiger partial charge < -0.3 is 9.64 Å². The molecule has 1 aliphatic heterocycles. The lowest BCUT2D eigenvalue weighted by Crippen LogP contribution is -2.49. The molecule has 0 spiro atoms. The number of rotatable bonds is 2. The molecule has 0 aliphatic carbocycles. The number of carbonyl (C=O) groups excluding carboxylic acids is 1. The van der Waals surface area contributed by atoms with Crippen LogP contribution in [-0.4, -0.2) is 52.7 Å². The highest BCUT2D eigenvalue weighted by Gasteiger charge is 2.25. The van der Waals surface area contributed by atoms with Gasteiger partial charge in [-0.3, -0.25) is 9.88 Å². The Morgan fingerprint density at radius 2 is 1.90 bits per heavy atom. The number of pyridine rings is 1. The van der Waals surface area contributed by atoms with Crippen LogP contribution in [0, 0.1) is 6.92 Å². The molecule has 0 radical (unpaired) electrons. The van der Waals surface area contributed by atoms with Crippen molar-refractivity contribution in [1.82, 2.24) is 14.8 Å². The monoisotopic (exact) mass is 291 g/mol. The Balaban J connectivity index is 1.82. The van der Waals surface area contributed by atoms with Crippen molar-refractivity contribution in [2.45, 2.75) is 39.8 Å². The van der Waals surface area contributed by atoms with Gasteiger partial charge in [-0.1, -0.05) is 6.07 Å². The largest absolute Gasteiger partial charge is 0.444 e. The number of amides is 1. The predicted octanol–water partition coefficient (Wildman–Crippen LogP) is 2.44. The summed E-state index contributed by atoms with van der Waals surface area (Å²) in [5.41, 5.74) is 1.69. The molecular weight excluding hydrogens is 266 g/mol. The molecule has 5 nitrogen and oxygen atoms in total. The van der Waals surface area contributed by atoms with E-state index >= 15 is 0 Å². The van der Waals surface area contributed by atoms with E-state index in [9.17, 15) is 4.79 Å². The maximum Gasteiger partial charge on any atom is 0.410 e. The summed E-state index contributed by atoms with van der Waals surface area (Å²) in [7, 11) is 0. The molecule has 2 rings (SSSR count). The maximum absolute atomic E-state index is 12.0. The van der Waals surface area contributed by atoms with E-state index in [1.165, 1.54) is 0 Å². The average molecular weight is 291 g/mol. The van der Waals surface area contributed by atoms with E-state index in [2.05, 4.69) is 9.88 Å². The van der Waals surface area contributed by atoms with Crippen molar-refractivity contribution in [2.75, 3.05) is 26.2 Å². The minimum absolute atomic E-state index is 0.212. The van der Waals surface area contributed by atoms with Crippen molar-refractivity contribution < 1.29 is 9.53 Å². The molecular formula is C16H25N3O2. The summed E-state index contributed by atoms with van der Waals surface area (Å²) < 4.78 is 5.40. The van der Waals surface area contributed by atoms with Crippen LogP contribution in [0.15, 0.2) is 18.2 Å². The minimum atomic E-state index is -0.431. The Morgan fingerprint density at radius 3 is 2.48 bits per heavy atom. The number of ether oxygens (including phenoxy) is 1. The van der Waals surface area contributed by atoms with Crippen LogP contribution in [0.1, 0.15) is 32.2 Å². The minimum Gasteiger partial charge on any atom is -0.444 e. The standard InChI is InChI=1S/C16H25N3O2/c1-13-6-5-7-14(17-13)12-18-8-10-19(11-9-18)15(20)21-16(2,3)4/h5-7H,8-12H2,1-4H3. The molecule has 21 heavy (non-hydrogen) atoms. The van der Waals surface area contributed by atoms with E-state index in [-0.39, 0.29) is 6.09 Å². The predicted molar refractivity (Wildman–Crippen MR) is 82.1 cm³/mol. The Labute approximate surface area is 126 Å². The second-order valence-electron chi connectivity index (χ2n) is 6.51. The van der Waals surface area contributed by atoms with Crippen molar-refractivity contribution in [3.8, 4) is 0 Å². The van der Waals surface area contributed by atoms with E-state index in [0.29, 0.717) is 13.1 Å². The van der Waals surface area contributed by atoms with E-state index < -0.39 is 5.60 Å². The van der Waals surface area contributed by atoms with Crippen LogP contribution in [-0.2, 0) is 11.3 Å². The van der Waals surface area contributed by atoms with Gasteiger partial charge in [-0.05, 0) is 39.8 Å². The SMILES string of the molecule is Cc1cccc(CN2CCN(C(=O)OC(C)(C)C)CC2)n1. The van der Waals surface area contributed by atoms with Gasteiger partial charge in [0.25, 0.3) is 0 Å². The highest BCUT2D eigenvalue weighted by Crippen LogP contribution is 2.13. The molecule has 116 valence electrons. The normalized spacial score (nSPS) is 16.9. The molecule has 1 fully saturated rings. The summed E-state index contributed by atoms with van der Waals surface area (Å²) in [6.45, 7) is 11.7. The third-order valence-electron chi connectivity index (χ3n) is 3.36. The van der Waals surface area contributed by atoms with Gasteiger partial charge in [0.2, 0.25) is 0 Å². The molecule has 0 aromatic carbocycles. The summed E-state index contributed by atoms with van der Waals surface area (Å²) in [6, 6.07) is 6.09. The van der Waals surface area contributed by atoms with Crippen molar-refractivity contribution in [2.24, 2.45) is 0 Å². The number of piperazine rings is 1. The maximum atomic E-state index is 12.0. The Bertz CT molecular complexity index is 489. The van der Waals surface area contributed by atoms with E-state index in [1.54, 1.807) is 4.90 Å². The number of aromatic nitrogens is 1. The second kappa shape index (κ2) is 6.43. The first-order valence-electron chi connectivity index (χ1n) is 7.46. The molecule has 2 heterocycles. The number of carbonyl (C=O) groups is 1. The van der Waals surface area contributed by atoms with Crippen LogP contribution in [0.25, 0.3) is 0 Å². The topological polar surface area (TPSA) is 45.7 Å². The van der Waals surface area contributed by atoms with Crippen LogP contribution in [0.4, 0.5) is 4.79 Å². The molecule has 0 atom stereocenters. The fourth-order valence-corrected chi connectivity index (χ4v) is 2.33. The first-order valence-corrected chi connectivity index (χ1v) is 7.46. The first-order chi connectivity index (χ1) is 9.83. The quantitative estimate of drug-likeness (QED) is 0.839. The summed E-state index contributed by atoms with van der Waals surface area (Å²) in [4.78, 5) is 20.6. The number of aryl methyl sites for hydroxylation is 1. The van der Waals surface area contributed by atoms with Gasteiger partial charge in [-0.25, -0.2) is 4.79 Å². The highest BCUT2D eigenvalue weighted by atomic mass is 16.6. The molecule has 5 heteroatoms. The Kier molecular flexibility index (Phi) is 4.83. The third-order valence-corrected chi connectivity index (χ3v) is 3.36. The van der Waals surface area contributed by atoms with Crippen LogP contribution >= 0.6 is 0 Å². The number of hydrogen-bond donors (Lipinski definition) is 0. The second-order valence-corrected chi connectivity index (χ2v) is 6.51. The molecule has 0 N–H and O–H groups in total. The van der Waals surface area contributed by atoms with Crippen molar-refractivity contribution in [3.63, 3.8) is 0 Å². The van der Waals surface area contributed by atoms with Crippen LogP contribution in [0.2, 0.25) is 0 Å². The van der Waals surface area contributed by atoms with Crippen molar-refractivity contribution >= 4 is 6.09 Å². The molecule has 1 aromatic rings. The molecule has 0 unspecified atom stereocenters. The first kappa shape index (κ1) is 15.8. The smallest absolute Gasteiger partial charge is 0.410 e. The van der Waals surface area contributed by atoms with Gasteiger partial charge in [0.05, 0.1) is 5.69 Å². The van der Waals surface area contributed by atoms with Crippen molar-refractivity contribution in [3.05, 3.63) is 29.6 Å². The molecule has 0 saturated carbocycles. The molecule has 1 aromatic heterocycles. The summed E-state index contributed by atoms with van der Waals surface area (Å²) >= 11 is 0. The van der Waals surface area contributed by atoms with Crippen molar-refractivity contribution in [1.29, 1.82) is 0 Å². The highest BCUT2D eigenvalue weighted by molar-refractivity contribution is 5.68. The van der Waals surface area contributed by atoms with Crippen LogP contribution in [0.5, 0.6) is 0 Å². The van der Waals surface area contributed by atoms with Crippen LogP contribution in [0.3, 0.4) is 0 Å². The van der Waals surface area contributed by atoms with E-state index in [4.69, 9.17) is 4.74 Å². The fraction of sp³-hybridized carbons (Fsp3) is 0.625. The van der Waals surface area contributed by atoms with Gasteiger partial charge >= 0.3 is 6.09 Å². The lowest BCUT2D eigenvalue weighted by atomic mass is 10.2. The van der Waals surface area contributed by atoms with Gasteiger partial charge in [-0.2, -0.15) is 0 Å². The molecule has 1 aliphatic rings. The average Bonchev–Trinajstić information content (AvgIpc) is 2.37. The zero-order valence-corrected chi connectivity index (χ0v) is 13.4. The fourth-order valence-electron chi connectivity index (χ4n) is 2.33. The Morgan fingerprint density at radius 1 is 1.24 bits per heavy atom. The van der Waals surface area contributed by atoms with E-state index in [1.807, 2.05) is 45.9 Å². The molecule has 1 saturated heterocycles. The third kappa shape index (κ3) is 5.01. The summed E-state index contributed by atoms with van der Waals surface area (Å²) in [6.07, 6.45) is -0.212. The zero-order chi connectivity index (χ0) is 15.5. The van der Waals surface area contributed by atoms with E-state index in [0.717, 1.165) is 31.0 Å². The van der Waals surface area contributed by atoms with Gasteiger partial charge in [0.15, 0.2) is 0 Å². The van der Waals surface area contributed by atoms with Gasteiger partial charge in [-0.15, -0.1) is 0 Å². The summed E-state index contributed by atoms with van der Waals surface area (Å²) in [5.74, 6) is 0. The lowest BCUT2D eigenvalue weighted by Gasteiger charge is -2.35. The Hall–Kier alpha value is -1.62. The molecule has 1 amide bonds. The van der Waals surface area contributed by atoms with Crippen LogP contribution < -0.4 is 0 Å². The molecule has 0 bridgehead atoms. The van der Waals surface area contributed by atoms with Gasteiger partial charge in [0.1, 0.15) is 5.60 Å². The summed E-state index contributed by atoms with van der Waals surface area (Å²) in [5, 5.41) is 0. The lowest BCUT2D eigenvalue weighted by molar-refractivity contribution is 0.0138. The zero-order valence-electron chi connectivity index (χ0n) is 13.4.